The number of aliphatic imine (C=N–C) groups is 1. The van der Waals surface area contributed by atoms with Crippen LogP contribution >= 0.6 is 11.6 Å². The molecular weight excluding hydrogens is 297 g/mol. The van der Waals surface area contributed by atoms with Crippen molar-refractivity contribution >= 4 is 23.9 Å². The van der Waals surface area contributed by atoms with Gasteiger partial charge in [-0.15, -0.1) is 6.58 Å². The van der Waals surface area contributed by atoms with E-state index in [1.165, 1.54) is 6.08 Å². The van der Waals surface area contributed by atoms with Crippen molar-refractivity contribution in [1.29, 1.82) is 0 Å². The number of alkyl halides is 1. The van der Waals surface area contributed by atoms with Crippen molar-refractivity contribution in [2.75, 3.05) is 5.43 Å². The second-order valence-corrected chi connectivity index (χ2v) is 3.99. The number of allylic oxidation sites excluding steroid dienone is 1. The van der Waals surface area contributed by atoms with E-state index in [9.17, 15) is 13.2 Å². The first-order valence-corrected chi connectivity index (χ1v) is 5.74. The molecule has 10 heteroatoms. The maximum atomic E-state index is 13.2. The molecule has 1 aliphatic rings. The largest absolute Gasteiger partial charge is 0.313 e. The predicted molar refractivity (Wildman–Crippen MR) is 66.5 cm³/mol. The van der Waals surface area contributed by atoms with Crippen LogP contribution in [-0.2, 0) is 6.42 Å². The zero-order valence-electron chi connectivity index (χ0n) is 9.89. The summed E-state index contributed by atoms with van der Waals surface area (Å²) in [5, 5.41) is 0.881. The molecule has 6 nitrogen and oxygen atoms in total. The smallest absolute Gasteiger partial charge is 0.263 e. The van der Waals surface area contributed by atoms with Gasteiger partial charge in [0.15, 0.2) is 11.3 Å². The third-order valence-corrected chi connectivity index (χ3v) is 2.56. The van der Waals surface area contributed by atoms with Gasteiger partial charge in [0.1, 0.15) is 12.2 Å². The molecule has 0 amide bonds. The van der Waals surface area contributed by atoms with Crippen LogP contribution in [0, 0.1) is 6.08 Å². The summed E-state index contributed by atoms with van der Waals surface area (Å²) in [6.07, 6.45) is 1.56. The molecule has 0 fully saturated rings. The Morgan fingerprint density at radius 1 is 1.35 bits per heavy atom. The molecule has 1 unspecified atom stereocenters. The summed E-state index contributed by atoms with van der Waals surface area (Å²) >= 11 is 5.64. The number of rotatable bonds is 4. The highest BCUT2D eigenvalue weighted by Crippen LogP contribution is 2.24. The van der Waals surface area contributed by atoms with Crippen molar-refractivity contribution in [2.24, 2.45) is 4.99 Å². The van der Waals surface area contributed by atoms with Crippen LogP contribution in [-0.4, -0.2) is 31.8 Å². The molecule has 0 aliphatic carbocycles. The van der Waals surface area contributed by atoms with Crippen molar-refractivity contribution in [3.63, 3.8) is 0 Å². The average Bonchev–Trinajstić information content (AvgIpc) is 2.39. The lowest BCUT2D eigenvalue weighted by molar-refractivity contribution is 0.390. The van der Waals surface area contributed by atoms with Gasteiger partial charge in [-0.3, -0.25) is 5.43 Å². The lowest BCUT2D eigenvalue weighted by Crippen LogP contribution is -2.38. The second kappa shape index (κ2) is 5.87. The first-order valence-electron chi connectivity index (χ1n) is 5.31. The SMILES string of the molecule is C=CCc1nc(F)nc(NN2C=NC(F)=C(F)C2Cl)n1. The van der Waals surface area contributed by atoms with Crippen molar-refractivity contribution in [2.45, 2.75) is 11.9 Å². The van der Waals surface area contributed by atoms with Crippen LogP contribution in [0.5, 0.6) is 0 Å². The van der Waals surface area contributed by atoms with E-state index in [4.69, 9.17) is 11.6 Å². The first-order chi connectivity index (χ1) is 9.51. The highest BCUT2D eigenvalue weighted by atomic mass is 35.5. The summed E-state index contributed by atoms with van der Waals surface area (Å²) in [4.78, 5) is 13.8. The van der Waals surface area contributed by atoms with Gasteiger partial charge < -0.3 is 0 Å². The third-order valence-electron chi connectivity index (χ3n) is 2.16. The number of hydrazine groups is 1. The number of aromatic nitrogens is 3. The van der Waals surface area contributed by atoms with Gasteiger partial charge in [0.05, 0.1) is 0 Å². The molecule has 1 aromatic rings. The Hall–Kier alpha value is -2.16. The molecule has 2 rings (SSSR count). The Balaban J connectivity index is 2.19. The van der Waals surface area contributed by atoms with E-state index in [0.29, 0.717) is 0 Å². The van der Waals surface area contributed by atoms with E-state index in [2.05, 4.69) is 31.9 Å². The zero-order chi connectivity index (χ0) is 14.7. The van der Waals surface area contributed by atoms with Gasteiger partial charge in [0.2, 0.25) is 11.9 Å². The van der Waals surface area contributed by atoms with Gasteiger partial charge in [0.25, 0.3) is 0 Å². The topological polar surface area (TPSA) is 66.3 Å². The fourth-order valence-electron chi connectivity index (χ4n) is 1.32. The molecule has 2 heterocycles. The number of hydrogen-bond acceptors (Lipinski definition) is 6. The molecule has 0 spiro atoms. The summed E-state index contributed by atoms with van der Waals surface area (Å²) in [6, 6.07) is 0. The van der Waals surface area contributed by atoms with Crippen LogP contribution < -0.4 is 5.43 Å². The average molecular weight is 305 g/mol. The van der Waals surface area contributed by atoms with Gasteiger partial charge in [-0.2, -0.15) is 23.7 Å². The maximum absolute atomic E-state index is 13.2. The van der Waals surface area contributed by atoms with Gasteiger partial charge in [-0.25, -0.2) is 14.4 Å². The number of nitrogens with zero attached hydrogens (tertiary/aromatic N) is 5. The monoisotopic (exact) mass is 304 g/mol. The lowest BCUT2D eigenvalue weighted by atomic mass is 10.4. The minimum atomic E-state index is -1.49. The maximum Gasteiger partial charge on any atom is 0.313 e. The van der Waals surface area contributed by atoms with Crippen LogP contribution in [0.1, 0.15) is 5.82 Å². The highest BCUT2D eigenvalue weighted by molar-refractivity contribution is 6.22. The fourth-order valence-corrected chi connectivity index (χ4v) is 1.51. The van der Waals surface area contributed by atoms with E-state index < -0.39 is 23.4 Å². The number of anilines is 1. The Bertz CT molecular complexity index is 590. The van der Waals surface area contributed by atoms with Gasteiger partial charge in [0, 0.05) is 6.42 Å². The summed E-state index contributed by atoms with van der Waals surface area (Å²) in [5.41, 5.74) is 0.905. The Morgan fingerprint density at radius 3 is 2.80 bits per heavy atom. The van der Waals surface area contributed by atoms with Gasteiger partial charge in [-0.1, -0.05) is 17.7 Å². The number of nitrogens with one attached hydrogen (secondary N) is 1. The van der Waals surface area contributed by atoms with Crippen molar-refractivity contribution in [3.05, 3.63) is 36.3 Å². The Labute approximate surface area is 116 Å². The first kappa shape index (κ1) is 14.3. The van der Waals surface area contributed by atoms with Crippen LogP contribution in [0.25, 0.3) is 0 Å². The van der Waals surface area contributed by atoms with Crippen LogP contribution in [0.2, 0.25) is 0 Å². The molecular formula is C10H8ClF3N6. The highest BCUT2D eigenvalue weighted by Gasteiger charge is 2.27. The molecule has 0 aromatic carbocycles. The van der Waals surface area contributed by atoms with Crippen LogP contribution in [0.3, 0.4) is 0 Å². The molecule has 1 N–H and O–H groups in total. The van der Waals surface area contributed by atoms with E-state index in [1.807, 2.05) is 0 Å². The normalized spacial score (nSPS) is 18.4. The minimum absolute atomic E-state index is 0.122. The molecule has 106 valence electrons. The van der Waals surface area contributed by atoms with E-state index in [-0.39, 0.29) is 18.2 Å². The summed E-state index contributed by atoms with van der Waals surface area (Å²) < 4.78 is 39.2. The third kappa shape index (κ3) is 3.05. The Kier molecular flexibility index (Phi) is 4.18. The molecule has 1 atom stereocenters. The molecule has 0 radical (unpaired) electrons. The quantitative estimate of drug-likeness (QED) is 0.524. The standard InChI is InChI=1S/C10H8ClF3N6/c1-2-3-5-16-9(14)18-10(17-5)19-20-4-15-8(13)6(12)7(20)11/h2,4,7H,1,3H2,(H,16,17,18,19). The van der Waals surface area contributed by atoms with Crippen LogP contribution in [0.4, 0.5) is 19.1 Å². The van der Waals surface area contributed by atoms with Crippen LogP contribution in [0.15, 0.2) is 29.4 Å². The zero-order valence-corrected chi connectivity index (χ0v) is 10.7. The lowest BCUT2D eigenvalue weighted by Gasteiger charge is -2.26. The molecule has 1 aliphatic heterocycles. The summed E-state index contributed by atoms with van der Waals surface area (Å²) in [5.74, 6) is -2.70. The molecule has 0 bridgehead atoms. The molecule has 1 aromatic heterocycles. The Morgan fingerprint density at radius 2 is 2.10 bits per heavy atom. The number of hydrogen-bond donors (Lipinski definition) is 1. The number of halogens is 4. The van der Waals surface area contributed by atoms with Gasteiger partial charge >= 0.3 is 6.08 Å². The van der Waals surface area contributed by atoms with Crippen molar-refractivity contribution in [1.82, 2.24) is 20.0 Å². The summed E-state index contributed by atoms with van der Waals surface area (Å²) in [7, 11) is 0. The van der Waals surface area contributed by atoms with Crippen molar-refractivity contribution < 1.29 is 13.2 Å². The molecule has 0 saturated heterocycles. The van der Waals surface area contributed by atoms with E-state index >= 15 is 0 Å². The van der Waals surface area contributed by atoms with E-state index in [0.717, 1.165) is 11.3 Å². The van der Waals surface area contributed by atoms with Crippen molar-refractivity contribution in [3.8, 4) is 0 Å². The minimum Gasteiger partial charge on any atom is -0.263 e. The fraction of sp³-hybridized carbons (Fsp3) is 0.200. The van der Waals surface area contributed by atoms with E-state index in [1.54, 1.807) is 0 Å². The molecule has 0 saturated carbocycles. The second-order valence-electron chi connectivity index (χ2n) is 3.58. The summed E-state index contributed by atoms with van der Waals surface area (Å²) in [6.45, 7) is 3.47. The predicted octanol–water partition coefficient (Wildman–Crippen LogP) is 2.08. The molecule has 20 heavy (non-hydrogen) atoms. The van der Waals surface area contributed by atoms with Gasteiger partial charge in [-0.05, 0) is 0 Å².